The molecule has 0 aliphatic carbocycles. The molecule has 3 aromatic rings. The SMILES string of the molecule is CCS(=O)(=O)c1cc(C(N)CCBr)cnc1-c1cn2cnc(C(F)(F)F)cc2n1. The Labute approximate surface area is 173 Å². The highest BCUT2D eigenvalue weighted by molar-refractivity contribution is 9.09. The smallest absolute Gasteiger partial charge is 0.324 e. The van der Waals surface area contributed by atoms with E-state index in [0.717, 1.165) is 12.4 Å². The summed E-state index contributed by atoms with van der Waals surface area (Å²) in [5, 5.41) is 0.632. The first-order chi connectivity index (χ1) is 13.6. The molecule has 0 spiro atoms. The van der Waals surface area contributed by atoms with Gasteiger partial charge in [-0.15, -0.1) is 0 Å². The zero-order chi connectivity index (χ0) is 21.4. The monoisotopic (exact) mass is 491 g/mol. The van der Waals surface area contributed by atoms with Crippen molar-refractivity contribution in [3.63, 3.8) is 0 Å². The predicted molar refractivity (Wildman–Crippen MR) is 104 cm³/mol. The molecule has 0 amide bonds. The molecule has 0 aromatic carbocycles. The van der Waals surface area contributed by atoms with Crippen molar-refractivity contribution in [3.8, 4) is 11.4 Å². The van der Waals surface area contributed by atoms with Gasteiger partial charge in [0.25, 0.3) is 0 Å². The summed E-state index contributed by atoms with van der Waals surface area (Å²) in [4.78, 5) is 11.7. The minimum Gasteiger partial charge on any atom is -0.324 e. The Hall–Kier alpha value is -2.05. The number of sulfone groups is 1. The van der Waals surface area contributed by atoms with Crippen molar-refractivity contribution in [1.82, 2.24) is 19.4 Å². The Balaban J connectivity index is 2.16. The molecule has 0 aliphatic rings. The van der Waals surface area contributed by atoms with E-state index in [2.05, 4.69) is 30.9 Å². The largest absolute Gasteiger partial charge is 0.433 e. The van der Waals surface area contributed by atoms with Gasteiger partial charge in [0, 0.05) is 29.8 Å². The zero-order valence-corrected chi connectivity index (χ0v) is 17.6. The van der Waals surface area contributed by atoms with Gasteiger partial charge in [0.15, 0.2) is 9.84 Å². The zero-order valence-electron chi connectivity index (χ0n) is 15.2. The number of aromatic nitrogens is 4. The number of nitrogens with zero attached hydrogens (tertiary/aromatic N) is 4. The van der Waals surface area contributed by atoms with Crippen molar-refractivity contribution in [2.75, 3.05) is 11.1 Å². The summed E-state index contributed by atoms with van der Waals surface area (Å²) in [6.07, 6.45) is -0.218. The van der Waals surface area contributed by atoms with E-state index in [1.54, 1.807) is 0 Å². The number of hydrogen-bond acceptors (Lipinski definition) is 6. The van der Waals surface area contributed by atoms with Crippen molar-refractivity contribution < 1.29 is 21.6 Å². The van der Waals surface area contributed by atoms with Gasteiger partial charge in [-0.3, -0.25) is 9.38 Å². The quantitative estimate of drug-likeness (QED) is 0.530. The molecule has 3 rings (SSSR count). The molecule has 156 valence electrons. The van der Waals surface area contributed by atoms with E-state index < -0.39 is 27.7 Å². The van der Waals surface area contributed by atoms with Crippen LogP contribution < -0.4 is 5.73 Å². The van der Waals surface area contributed by atoms with Crippen molar-refractivity contribution >= 4 is 31.4 Å². The summed E-state index contributed by atoms with van der Waals surface area (Å²) in [6, 6.07) is 1.83. The maximum Gasteiger partial charge on any atom is 0.433 e. The Bertz CT molecular complexity index is 1150. The van der Waals surface area contributed by atoms with Crippen LogP contribution in [-0.2, 0) is 16.0 Å². The fraction of sp³-hybridized carbons (Fsp3) is 0.353. The molecule has 29 heavy (non-hydrogen) atoms. The molecule has 0 saturated carbocycles. The van der Waals surface area contributed by atoms with E-state index >= 15 is 0 Å². The summed E-state index contributed by atoms with van der Waals surface area (Å²) in [5.74, 6) is -0.175. The van der Waals surface area contributed by atoms with Crippen LogP contribution in [0.1, 0.15) is 30.6 Å². The highest BCUT2D eigenvalue weighted by atomic mass is 79.9. The summed E-state index contributed by atoms with van der Waals surface area (Å²) in [6.45, 7) is 1.49. The maximum atomic E-state index is 12.9. The Morgan fingerprint density at radius 2 is 2.00 bits per heavy atom. The van der Waals surface area contributed by atoms with Gasteiger partial charge in [0.2, 0.25) is 0 Å². The van der Waals surface area contributed by atoms with Crippen molar-refractivity contribution in [1.29, 1.82) is 0 Å². The van der Waals surface area contributed by atoms with Gasteiger partial charge in [-0.2, -0.15) is 13.2 Å². The van der Waals surface area contributed by atoms with E-state index in [0.29, 0.717) is 17.3 Å². The first kappa shape index (κ1) is 21.7. The second kappa shape index (κ2) is 8.00. The molecular weight excluding hydrogens is 475 g/mol. The molecule has 0 radical (unpaired) electrons. The third kappa shape index (κ3) is 4.43. The first-order valence-electron chi connectivity index (χ1n) is 8.53. The first-order valence-corrected chi connectivity index (χ1v) is 11.3. The third-order valence-electron chi connectivity index (χ3n) is 4.32. The highest BCUT2D eigenvalue weighted by Crippen LogP contribution is 2.31. The number of nitrogens with two attached hydrogens (primary N) is 1. The lowest BCUT2D eigenvalue weighted by molar-refractivity contribution is -0.141. The summed E-state index contributed by atoms with van der Waals surface area (Å²) in [5.41, 5.74) is 5.68. The molecular formula is C17H17BrF3N5O2S. The summed E-state index contributed by atoms with van der Waals surface area (Å²) >= 11 is 3.29. The number of halogens is 4. The van der Waals surface area contributed by atoms with E-state index in [-0.39, 0.29) is 27.7 Å². The van der Waals surface area contributed by atoms with Gasteiger partial charge >= 0.3 is 6.18 Å². The van der Waals surface area contributed by atoms with Gasteiger partial charge in [-0.1, -0.05) is 22.9 Å². The third-order valence-corrected chi connectivity index (χ3v) is 6.52. The molecule has 0 bridgehead atoms. The Morgan fingerprint density at radius 1 is 1.28 bits per heavy atom. The predicted octanol–water partition coefficient (Wildman–Crippen LogP) is 3.39. The molecule has 7 nitrogen and oxygen atoms in total. The van der Waals surface area contributed by atoms with E-state index in [1.165, 1.54) is 29.8 Å². The minimum absolute atomic E-state index is 0.0240. The molecule has 1 unspecified atom stereocenters. The standard InChI is InChI=1S/C17H17BrF3N5O2S/c1-2-29(27,28)13-5-10(11(22)3-4-18)7-23-16(13)12-8-26-9-24-14(17(19,20)21)6-15(26)25-12/h5-9,11H,2-4,22H2,1H3. The number of rotatable bonds is 6. The summed E-state index contributed by atoms with van der Waals surface area (Å²) < 4.78 is 65.2. The molecule has 1 atom stereocenters. The van der Waals surface area contributed by atoms with Crippen LogP contribution in [-0.4, -0.2) is 38.9 Å². The molecule has 0 aliphatic heterocycles. The average Bonchev–Trinajstić information content (AvgIpc) is 3.10. The Morgan fingerprint density at radius 3 is 2.62 bits per heavy atom. The van der Waals surface area contributed by atoms with Crippen LogP contribution in [0.2, 0.25) is 0 Å². The number of pyridine rings is 1. The molecule has 3 heterocycles. The number of fused-ring (bicyclic) bond motifs is 1. The Kier molecular flexibility index (Phi) is 5.97. The minimum atomic E-state index is -4.62. The van der Waals surface area contributed by atoms with Crippen LogP contribution in [0.5, 0.6) is 0 Å². The van der Waals surface area contributed by atoms with Crippen LogP contribution in [0.15, 0.2) is 35.7 Å². The fourth-order valence-corrected chi connectivity index (χ4v) is 4.26. The molecule has 2 N–H and O–H groups in total. The van der Waals surface area contributed by atoms with Crippen LogP contribution in [0, 0.1) is 0 Å². The lowest BCUT2D eigenvalue weighted by atomic mass is 10.1. The maximum absolute atomic E-state index is 12.9. The molecule has 0 fully saturated rings. The lowest BCUT2D eigenvalue weighted by Crippen LogP contribution is -2.14. The lowest BCUT2D eigenvalue weighted by Gasteiger charge is -2.13. The summed E-state index contributed by atoms with van der Waals surface area (Å²) in [7, 11) is -3.69. The van der Waals surface area contributed by atoms with Gasteiger partial charge in [-0.05, 0) is 18.1 Å². The average molecular weight is 492 g/mol. The molecule has 12 heteroatoms. The van der Waals surface area contributed by atoms with Gasteiger partial charge in [-0.25, -0.2) is 18.4 Å². The highest BCUT2D eigenvalue weighted by Gasteiger charge is 2.33. The van der Waals surface area contributed by atoms with Gasteiger partial charge in [0.05, 0.1) is 10.6 Å². The molecule has 0 saturated heterocycles. The normalized spacial score (nSPS) is 13.7. The van der Waals surface area contributed by atoms with Crippen molar-refractivity contribution in [2.24, 2.45) is 5.73 Å². The number of imidazole rings is 1. The van der Waals surface area contributed by atoms with Gasteiger partial charge in [0.1, 0.15) is 29.1 Å². The van der Waals surface area contributed by atoms with Crippen molar-refractivity contribution in [2.45, 2.75) is 30.5 Å². The molecule has 3 aromatic heterocycles. The number of hydrogen-bond donors (Lipinski definition) is 1. The topological polar surface area (TPSA) is 103 Å². The van der Waals surface area contributed by atoms with E-state index in [9.17, 15) is 21.6 Å². The van der Waals surface area contributed by atoms with Crippen LogP contribution in [0.4, 0.5) is 13.2 Å². The second-order valence-corrected chi connectivity index (χ2v) is 9.31. The van der Waals surface area contributed by atoms with Gasteiger partial charge < -0.3 is 5.73 Å². The van der Waals surface area contributed by atoms with Crippen LogP contribution in [0.3, 0.4) is 0 Å². The van der Waals surface area contributed by atoms with Crippen molar-refractivity contribution in [3.05, 3.63) is 42.1 Å². The van der Waals surface area contributed by atoms with E-state index in [4.69, 9.17) is 5.73 Å². The van der Waals surface area contributed by atoms with E-state index in [1.807, 2.05) is 0 Å². The number of alkyl halides is 4. The van der Waals surface area contributed by atoms with Crippen LogP contribution in [0.25, 0.3) is 17.0 Å². The van der Waals surface area contributed by atoms with Crippen LogP contribution >= 0.6 is 15.9 Å². The second-order valence-electron chi connectivity index (χ2n) is 6.27. The fourth-order valence-electron chi connectivity index (χ4n) is 2.69.